The molecule has 0 heterocycles. The third-order valence-electron chi connectivity index (χ3n) is 2.18. The lowest BCUT2D eigenvalue weighted by molar-refractivity contribution is -0.507. The number of hydrogen-bond donors (Lipinski definition) is 5. The summed E-state index contributed by atoms with van der Waals surface area (Å²) >= 11 is 0. The van der Waals surface area contributed by atoms with Crippen molar-refractivity contribution in [2.75, 3.05) is 19.8 Å². The summed E-state index contributed by atoms with van der Waals surface area (Å²) in [6.45, 7) is 1.45. The zero-order valence-electron chi connectivity index (χ0n) is 9.29. The van der Waals surface area contributed by atoms with Crippen molar-refractivity contribution in [1.29, 1.82) is 0 Å². The molecule has 17 heavy (non-hydrogen) atoms. The van der Waals surface area contributed by atoms with Crippen LogP contribution in [0, 0.1) is 5.41 Å². The van der Waals surface area contributed by atoms with Gasteiger partial charge in [-0.05, 0) is 6.92 Å². The molecule has 0 aromatic heterocycles. The molecule has 0 aromatic rings. The van der Waals surface area contributed by atoms with Crippen molar-refractivity contribution in [3.8, 4) is 0 Å². The van der Waals surface area contributed by atoms with Crippen molar-refractivity contribution in [1.82, 2.24) is 0 Å². The molecule has 0 bridgehead atoms. The number of aliphatic hydroxyl groups excluding tert-OH is 3. The highest BCUT2D eigenvalue weighted by atomic mass is 17.3. The Kier molecular flexibility index (Phi) is 5.69. The van der Waals surface area contributed by atoms with Crippen LogP contribution in [0.25, 0.3) is 0 Å². The Morgan fingerprint density at radius 3 is 1.88 bits per heavy atom. The molecule has 0 aliphatic rings. The van der Waals surface area contributed by atoms with Gasteiger partial charge in [-0.2, -0.15) is 0 Å². The standard InChI is InChI=1S/C9H16O8/c1-6(2)7(13)16-17-9(14,15)8(3-10,4-11)5-12/h10-12,14-15H,1,3-5H2,2H3. The van der Waals surface area contributed by atoms with Crippen LogP contribution in [0.4, 0.5) is 0 Å². The zero-order chi connectivity index (χ0) is 13.7. The fraction of sp³-hybridized carbons (Fsp3) is 0.667. The summed E-state index contributed by atoms with van der Waals surface area (Å²) in [5.74, 6) is -4.32. The summed E-state index contributed by atoms with van der Waals surface area (Å²) in [6.07, 6.45) is 0. The van der Waals surface area contributed by atoms with E-state index < -0.39 is 37.2 Å². The smallest absolute Gasteiger partial charge is 0.368 e. The van der Waals surface area contributed by atoms with Gasteiger partial charge in [-0.1, -0.05) is 6.58 Å². The number of rotatable bonds is 7. The maximum atomic E-state index is 10.9. The van der Waals surface area contributed by atoms with Gasteiger partial charge in [-0.3, -0.25) is 4.89 Å². The second-order valence-corrected chi connectivity index (χ2v) is 3.60. The highest BCUT2D eigenvalue weighted by molar-refractivity contribution is 5.86. The normalized spacial score (nSPS) is 12.4. The van der Waals surface area contributed by atoms with Gasteiger partial charge in [0.1, 0.15) is 5.41 Å². The van der Waals surface area contributed by atoms with Crippen molar-refractivity contribution >= 4 is 5.97 Å². The molecule has 8 heteroatoms. The molecule has 0 rings (SSSR count). The molecule has 0 radical (unpaired) electrons. The molecule has 0 amide bonds. The average molecular weight is 252 g/mol. The molecule has 100 valence electrons. The van der Waals surface area contributed by atoms with Crippen molar-refractivity contribution < 1.29 is 40.1 Å². The van der Waals surface area contributed by atoms with Crippen LogP contribution in [0.2, 0.25) is 0 Å². The number of aliphatic hydroxyl groups is 5. The van der Waals surface area contributed by atoms with Gasteiger partial charge in [0.15, 0.2) is 0 Å². The van der Waals surface area contributed by atoms with E-state index >= 15 is 0 Å². The first kappa shape index (κ1) is 16.0. The average Bonchev–Trinajstić information content (AvgIpc) is 2.28. The molecule has 8 nitrogen and oxygen atoms in total. The molecule has 5 N–H and O–H groups in total. The predicted octanol–water partition coefficient (Wildman–Crippen LogP) is -2.36. The van der Waals surface area contributed by atoms with Crippen LogP contribution in [-0.4, -0.2) is 57.3 Å². The van der Waals surface area contributed by atoms with Crippen molar-refractivity contribution in [3.63, 3.8) is 0 Å². The minimum absolute atomic E-state index is 0.0663. The van der Waals surface area contributed by atoms with Crippen molar-refractivity contribution in [2.24, 2.45) is 5.41 Å². The summed E-state index contributed by atoms with van der Waals surface area (Å²) in [5.41, 5.74) is -2.27. The molecule has 0 aliphatic heterocycles. The summed E-state index contributed by atoms with van der Waals surface area (Å²) in [4.78, 5) is 18.9. The quantitative estimate of drug-likeness (QED) is 0.147. The van der Waals surface area contributed by atoms with Gasteiger partial charge < -0.3 is 25.5 Å². The maximum absolute atomic E-state index is 10.9. The van der Waals surface area contributed by atoms with Crippen LogP contribution in [0.1, 0.15) is 6.92 Å². The summed E-state index contributed by atoms with van der Waals surface area (Å²) in [7, 11) is 0. The molecular weight excluding hydrogens is 236 g/mol. The van der Waals surface area contributed by atoms with E-state index in [2.05, 4.69) is 16.4 Å². The molecule has 0 aliphatic carbocycles. The van der Waals surface area contributed by atoms with E-state index in [4.69, 9.17) is 15.3 Å². The summed E-state index contributed by atoms with van der Waals surface area (Å²) < 4.78 is 0. The maximum Gasteiger partial charge on any atom is 0.368 e. The Bertz CT molecular complexity index is 272. The highest BCUT2D eigenvalue weighted by Crippen LogP contribution is 2.30. The van der Waals surface area contributed by atoms with Crippen LogP contribution in [0.5, 0.6) is 0 Å². The molecule has 0 spiro atoms. The van der Waals surface area contributed by atoms with Crippen LogP contribution in [0.15, 0.2) is 12.2 Å². The molecule has 0 aromatic carbocycles. The predicted molar refractivity (Wildman–Crippen MR) is 52.9 cm³/mol. The minimum Gasteiger partial charge on any atom is -0.395 e. The van der Waals surface area contributed by atoms with Gasteiger partial charge in [0.25, 0.3) is 0 Å². The van der Waals surface area contributed by atoms with Crippen molar-refractivity contribution in [2.45, 2.75) is 12.9 Å². The minimum atomic E-state index is -3.25. The molecule has 0 atom stereocenters. The summed E-state index contributed by atoms with van der Waals surface area (Å²) in [5, 5.41) is 45.5. The Morgan fingerprint density at radius 2 is 1.59 bits per heavy atom. The SMILES string of the molecule is C=C(C)C(=O)OOC(O)(O)C(CO)(CO)CO. The Balaban J connectivity index is 4.75. The van der Waals surface area contributed by atoms with E-state index in [1.165, 1.54) is 6.92 Å². The Labute approximate surface area is 97.3 Å². The van der Waals surface area contributed by atoms with Crippen molar-refractivity contribution in [3.05, 3.63) is 12.2 Å². The van der Waals surface area contributed by atoms with Crippen LogP contribution >= 0.6 is 0 Å². The van der Waals surface area contributed by atoms with E-state index in [0.29, 0.717) is 0 Å². The lowest BCUT2D eigenvalue weighted by Crippen LogP contribution is -2.57. The van der Waals surface area contributed by atoms with Gasteiger partial charge in [0.2, 0.25) is 0 Å². The first-order valence-electron chi connectivity index (χ1n) is 4.59. The van der Waals surface area contributed by atoms with Crippen LogP contribution in [-0.2, 0) is 14.6 Å². The summed E-state index contributed by atoms with van der Waals surface area (Å²) in [6, 6.07) is 0. The Hall–Kier alpha value is -1.03. The highest BCUT2D eigenvalue weighted by Gasteiger charge is 2.52. The lowest BCUT2D eigenvalue weighted by atomic mass is 9.88. The molecule has 0 saturated carbocycles. The molecule has 0 fully saturated rings. The molecule has 0 saturated heterocycles. The van der Waals surface area contributed by atoms with Crippen LogP contribution in [0.3, 0.4) is 0 Å². The second-order valence-electron chi connectivity index (χ2n) is 3.60. The number of hydrogen-bond acceptors (Lipinski definition) is 8. The van der Waals surface area contributed by atoms with E-state index in [-0.39, 0.29) is 5.57 Å². The van der Waals surface area contributed by atoms with Gasteiger partial charge in [0.05, 0.1) is 19.8 Å². The van der Waals surface area contributed by atoms with E-state index in [9.17, 15) is 15.0 Å². The fourth-order valence-corrected chi connectivity index (χ4v) is 0.714. The van der Waals surface area contributed by atoms with E-state index in [1.54, 1.807) is 0 Å². The van der Waals surface area contributed by atoms with E-state index in [0.717, 1.165) is 0 Å². The first-order valence-corrected chi connectivity index (χ1v) is 4.59. The third-order valence-corrected chi connectivity index (χ3v) is 2.18. The second kappa shape index (κ2) is 6.05. The number of carbonyl (C=O) groups is 1. The van der Waals surface area contributed by atoms with E-state index in [1.807, 2.05) is 0 Å². The first-order chi connectivity index (χ1) is 7.76. The van der Waals surface area contributed by atoms with Gasteiger partial charge >= 0.3 is 11.9 Å². The van der Waals surface area contributed by atoms with Gasteiger partial charge in [0, 0.05) is 5.57 Å². The Morgan fingerprint density at radius 1 is 1.18 bits per heavy atom. The lowest BCUT2D eigenvalue weighted by Gasteiger charge is -2.36. The van der Waals surface area contributed by atoms with Gasteiger partial charge in [-0.15, -0.1) is 4.89 Å². The number of carbonyl (C=O) groups excluding carboxylic acids is 1. The molecule has 0 unspecified atom stereocenters. The molecular formula is C9H16O8. The topological polar surface area (TPSA) is 137 Å². The van der Waals surface area contributed by atoms with Crippen LogP contribution < -0.4 is 0 Å². The van der Waals surface area contributed by atoms with Gasteiger partial charge in [-0.25, -0.2) is 4.79 Å². The monoisotopic (exact) mass is 252 g/mol. The fourth-order valence-electron chi connectivity index (χ4n) is 0.714. The third kappa shape index (κ3) is 3.46. The zero-order valence-corrected chi connectivity index (χ0v) is 9.29. The largest absolute Gasteiger partial charge is 0.395 e.